The fraction of sp³-hybridized carbons (Fsp3) is 0.0769. The maximum atomic E-state index is 11.8. The van der Waals surface area contributed by atoms with Gasteiger partial charge in [-0.15, -0.1) is 11.3 Å². The number of aromatic nitrogens is 4. The molecule has 0 atom stereocenters. The van der Waals surface area contributed by atoms with Crippen LogP contribution in [-0.4, -0.2) is 25.4 Å². The van der Waals surface area contributed by atoms with Crippen LogP contribution < -0.4 is 5.32 Å². The van der Waals surface area contributed by atoms with Crippen molar-refractivity contribution in [3.05, 3.63) is 53.1 Å². The third kappa shape index (κ3) is 2.43. The average molecular weight is 285 g/mol. The highest BCUT2D eigenvalue weighted by atomic mass is 32.1. The number of rotatable bonds is 3. The Morgan fingerprint density at radius 1 is 1.30 bits per heavy atom. The summed E-state index contributed by atoms with van der Waals surface area (Å²) in [5.41, 5.74) is 2.66. The Kier molecular flexibility index (Phi) is 3.26. The summed E-state index contributed by atoms with van der Waals surface area (Å²) in [5.74, 6) is 1.38. The van der Waals surface area contributed by atoms with E-state index in [0.717, 1.165) is 11.6 Å². The first kappa shape index (κ1) is 12.5. The zero-order valence-corrected chi connectivity index (χ0v) is 11.5. The summed E-state index contributed by atoms with van der Waals surface area (Å²) in [6.07, 6.45) is 5.17. The number of anilines is 1. The summed E-state index contributed by atoms with van der Waals surface area (Å²) in [5, 5.41) is 4.45. The molecule has 3 aromatic rings. The molecule has 0 aliphatic carbocycles. The number of nitrogens with zero attached hydrogens (tertiary/aromatic N) is 4. The smallest absolute Gasteiger partial charge is 0.275 e. The molecule has 0 unspecified atom stereocenters. The minimum absolute atomic E-state index is 0.236. The maximum Gasteiger partial charge on any atom is 0.275 e. The first-order chi connectivity index (χ1) is 9.74. The molecule has 20 heavy (non-hydrogen) atoms. The fourth-order valence-electron chi connectivity index (χ4n) is 1.74. The van der Waals surface area contributed by atoms with Gasteiger partial charge in [0.2, 0.25) is 0 Å². The molecule has 7 heteroatoms. The second kappa shape index (κ2) is 5.22. The van der Waals surface area contributed by atoms with Gasteiger partial charge in [-0.05, 0) is 19.1 Å². The van der Waals surface area contributed by atoms with Crippen molar-refractivity contribution in [3.63, 3.8) is 0 Å². The number of hydrogen-bond acceptors (Lipinski definition) is 5. The molecule has 0 aliphatic rings. The molecule has 3 rings (SSSR count). The molecule has 3 heterocycles. The van der Waals surface area contributed by atoms with Crippen LogP contribution in [0, 0.1) is 6.92 Å². The van der Waals surface area contributed by atoms with E-state index in [-0.39, 0.29) is 5.91 Å². The predicted octanol–water partition coefficient (Wildman–Crippen LogP) is 2.28. The van der Waals surface area contributed by atoms with Gasteiger partial charge in [-0.25, -0.2) is 15.0 Å². The molecule has 3 aromatic heterocycles. The van der Waals surface area contributed by atoms with Crippen molar-refractivity contribution < 1.29 is 4.79 Å². The SMILES string of the molecule is Cc1nccn1-c1ccc(NC(=O)c2cscn2)cn1. The molecule has 1 amide bonds. The van der Waals surface area contributed by atoms with E-state index in [2.05, 4.69) is 20.3 Å². The van der Waals surface area contributed by atoms with Gasteiger partial charge in [0.15, 0.2) is 0 Å². The molecule has 100 valence electrons. The molecule has 1 N–H and O–H groups in total. The molecule has 0 fully saturated rings. The summed E-state index contributed by atoms with van der Waals surface area (Å²) in [6.45, 7) is 1.90. The van der Waals surface area contributed by atoms with Crippen LogP contribution in [0.1, 0.15) is 16.3 Å². The zero-order valence-electron chi connectivity index (χ0n) is 10.6. The van der Waals surface area contributed by atoms with E-state index in [9.17, 15) is 4.79 Å². The summed E-state index contributed by atoms with van der Waals surface area (Å²) < 4.78 is 1.87. The van der Waals surface area contributed by atoms with Gasteiger partial charge in [-0.3, -0.25) is 9.36 Å². The van der Waals surface area contributed by atoms with E-state index in [4.69, 9.17) is 0 Å². The number of nitrogens with one attached hydrogen (secondary N) is 1. The van der Waals surface area contributed by atoms with Crippen molar-refractivity contribution in [3.8, 4) is 5.82 Å². The van der Waals surface area contributed by atoms with Gasteiger partial charge >= 0.3 is 0 Å². The van der Waals surface area contributed by atoms with Gasteiger partial charge in [0, 0.05) is 17.8 Å². The molecule has 0 radical (unpaired) electrons. The summed E-state index contributed by atoms with van der Waals surface area (Å²) >= 11 is 1.38. The molecule has 0 saturated heterocycles. The number of hydrogen-bond donors (Lipinski definition) is 1. The number of aryl methyl sites for hydroxylation is 1. The van der Waals surface area contributed by atoms with Gasteiger partial charge in [0.05, 0.1) is 17.4 Å². The van der Waals surface area contributed by atoms with Gasteiger partial charge in [0.25, 0.3) is 5.91 Å². The van der Waals surface area contributed by atoms with Crippen LogP contribution in [0.15, 0.2) is 41.6 Å². The number of thiazole rings is 1. The molecule has 0 saturated carbocycles. The van der Waals surface area contributed by atoms with E-state index >= 15 is 0 Å². The first-order valence-electron chi connectivity index (χ1n) is 5.90. The standard InChI is InChI=1S/C13H11N5OS/c1-9-14-4-5-18(9)12-3-2-10(6-15-12)17-13(19)11-7-20-8-16-11/h2-8H,1H3,(H,17,19). The van der Waals surface area contributed by atoms with Crippen LogP contribution in [0.25, 0.3) is 5.82 Å². The van der Waals surface area contributed by atoms with Crippen molar-refractivity contribution >= 4 is 22.9 Å². The first-order valence-corrected chi connectivity index (χ1v) is 6.84. The lowest BCUT2D eigenvalue weighted by Gasteiger charge is -2.06. The van der Waals surface area contributed by atoms with Gasteiger partial charge < -0.3 is 5.32 Å². The fourth-order valence-corrected chi connectivity index (χ4v) is 2.27. The molecule has 0 aromatic carbocycles. The Hall–Kier alpha value is -2.54. The monoisotopic (exact) mass is 285 g/mol. The van der Waals surface area contributed by atoms with Crippen LogP contribution in [0.3, 0.4) is 0 Å². The predicted molar refractivity (Wildman–Crippen MR) is 76.2 cm³/mol. The van der Waals surface area contributed by atoms with Gasteiger partial charge in [0.1, 0.15) is 17.3 Å². The third-order valence-electron chi connectivity index (χ3n) is 2.74. The van der Waals surface area contributed by atoms with Crippen LogP contribution in [0.4, 0.5) is 5.69 Å². The third-order valence-corrected chi connectivity index (χ3v) is 3.33. The summed E-state index contributed by atoms with van der Waals surface area (Å²) in [4.78, 5) is 24.2. The van der Waals surface area contributed by atoms with Crippen LogP contribution >= 0.6 is 11.3 Å². The second-order valence-corrected chi connectivity index (χ2v) is 4.80. The quantitative estimate of drug-likeness (QED) is 0.801. The Bertz CT molecular complexity index is 718. The number of pyridine rings is 1. The Morgan fingerprint density at radius 2 is 2.20 bits per heavy atom. The molecule has 0 bridgehead atoms. The largest absolute Gasteiger partial charge is 0.319 e. The van der Waals surface area contributed by atoms with Crippen molar-refractivity contribution in [2.75, 3.05) is 5.32 Å². The average Bonchev–Trinajstić information content (AvgIpc) is 3.11. The zero-order chi connectivity index (χ0) is 13.9. The minimum atomic E-state index is -0.236. The molecule has 0 aliphatic heterocycles. The highest BCUT2D eigenvalue weighted by molar-refractivity contribution is 7.07. The van der Waals surface area contributed by atoms with Gasteiger partial charge in [-0.1, -0.05) is 0 Å². The summed E-state index contributed by atoms with van der Waals surface area (Å²) in [6, 6.07) is 3.62. The van der Waals surface area contributed by atoms with Crippen molar-refractivity contribution in [2.24, 2.45) is 0 Å². The Morgan fingerprint density at radius 3 is 2.80 bits per heavy atom. The van der Waals surface area contributed by atoms with Gasteiger partial charge in [-0.2, -0.15) is 0 Å². The highest BCUT2D eigenvalue weighted by Gasteiger charge is 2.08. The molecular formula is C13H11N5OS. The van der Waals surface area contributed by atoms with Crippen LogP contribution in [-0.2, 0) is 0 Å². The lowest BCUT2D eigenvalue weighted by Crippen LogP contribution is -2.12. The Labute approximate surface area is 119 Å². The van der Waals surface area contributed by atoms with Crippen molar-refractivity contribution in [2.45, 2.75) is 6.92 Å². The van der Waals surface area contributed by atoms with E-state index < -0.39 is 0 Å². The number of amides is 1. The molecule has 0 spiro atoms. The Balaban J connectivity index is 1.77. The second-order valence-electron chi connectivity index (χ2n) is 4.08. The van der Waals surface area contributed by atoms with Crippen LogP contribution in [0.2, 0.25) is 0 Å². The normalized spacial score (nSPS) is 10.4. The van der Waals surface area contributed by atoms with E-state index in [1.807, 2.05) is 23.8 Å². The molecular weight excluding hydrogens is 274 g/mol. The van der Waals surface area contributed by atoms with E-state index in [1.54, 1.807) is 29.4 Å². The lowest BCUT2D eigenvalue weighted by molar-refractivity contribution is 0.102. The summed E-state index contributed by atoms with van der Waals surface area (Å²) in [7, 11) is 0. The highest BCUT2D eigenvalue weighted by Crippen LogP contribution is 2.12. The number of carbonyl (C=O) groups is 1. The van der Waals surface area contributed by atoms with Crippen LogP contribution in [0.5, 0.6) is 0 Å². The van der Waals surface area contributed by atoms with E-state index in [0.29, 0.717) is 11.4 Å². The minimum Gasteiger partial charge on any atom is -0.319 e. The number of carbonyl (C=O) groups excluding carboxylic acids is 1. The molecule has 6 nitrogen and oxygen atoms in total. The number of imidazole rings is 1. The van der Waals surface area contributed by atoms with Crippen molar-refractivity contribution in [1.82, 2.24) is 19.5 Å². The topological polar surface area (TPSA) is 72.7 Å². The van der Waals surface area contributed by atoms with Crippen molar-refractivity contribution in [1.29, 1.82) is 0 Å². The maximum absolute atomic E-state index is 11.8. The lowest BCUT2D eigenvalue weighted by atomic mass is 10.3. The van der Waals surface area contributed by atoms with E-state index in [1.165, 1.54) is 11.3 Å².